The number of aliphatic hydroxyl groups excluding tert-OH is 1. The van der Waals surface area contributed by atoms with Gasteiger partial charge in [0.25, 0.3) is 5.91 Å². The van der Waals surface area contributed by atoms with Crippen LogP contribution in [0.1, 0.15) is 35.6 Å². The van der Waals surface area contributed by atoms with Crippen molar-refractivity contribution in [2.75, 3.05) is 33.2 Å². The Kier molecular flexibility index (Phi) is 11.9. The maximum atomic E-state index is 14.4. The highest BCUT2D eigenvalue weighted by Crippen LogP contribution is 2.43. The average molecular weight is 753 g/mol. The summed E-state index contributed by atoms with van der Waals surface area (Å²) in [6, 6.07) is 27.7. The van der Waals surface area contributed by atoms with Crippen molar-refractivity contribution in [2.45, 2.75) is 35.9 Å². The first-order valence-electron chi connectivity index (χ1n) is 15.6. The zero-order valence-electron chi connectivity index (χ0n) is 27.1. The number of benzene rings is 4. The number of nitrogens with zero attached hydrogens (tertiary/aromatic N) is 1. The third-order valence-electron chi connectivity index (χ3n) is 8.03. The van der Waals surface area contributed by atoms with Crippen LogP contribution in [0.25, 0.3) is 0 Å². The molecule has 1 aliphatic heterocycles. The average Bonchev–Trinajstić information content (AvgIpc) is 3.53. The van der Waals surface area contributed by atoms with Crippen LogP contribution >= 0.6 is 15.9 Å². The molecule has 4 aromatic rings. The highest BCUT2D eigenvalue weighted by atomic mass is 79.9. The fraction of sp³-hybridized carbons (Fsp3) is 0.278. The first-order valence-corrected chi connectivity index (χ1v) is 18.0. The lowest BCUT2D eigenvalue weighted by atomic mass is 9.85. The number of halogens is 1. The zero-order chi connectivity index (χ0) is 34.9. The molecule has 1 heterocycles. The van der Waals surface area contributed by atoms with Gasteiger partial charge >= 0.3 is 0 Å². The van der Waals surface area contributed by atoms with Crippen LogP contribution in [0, 0.1) is 0 Å². The van der Waals surface area contributed by atoms with Gasteiger partial charge in [-0.2, -0.15) is 0 Å². The van der Waals surface area contributed by atoms with Crippen LogP contribution in [0.4, 0.5) is 0 Å². The lowest BCUT2D eigenvalue weighted by molar-refractivity contribution is -0.130. The predicted octanol–water partition coefficient (Wildman–Crippen LogP) is 5.17. The molecule has 0 saturated heterocycles. The van der Waals surface area contributed by atoms with Gasteiger partial charge in [0.2, 0.25) is 5.90 Å². The zero-order valence-corrected chi connectivity index (χ0v) is 29.5. The Morgan fingerprint density at radius 1 is 0.959 bits per heavy atom. The Morgan fingerprint density at radius 2 is 1.67 bits per heavy atom. The predicted molar refractivity (Wildman–Crippen MR) is 189 cm³/mol. The van der Waals surface area contributed by atoms with Crippen molar-refractivity contribution in [1.29, 1.82) is 0 Å². The van der Waals surface area contributed by atoms with E-state index >= 15 is 0 Å². The van der Waals surface area contributed by atoms with Crippen LogP contribution in [0.5, 0.6) is 17.2 Å². The smallest absolute Gasteiger partial charge is 0.266 e. The maximum Gasteiger partial charge on any atom is 0.266 e. The highest BCUT2D eigenvalue weighted by molar-refractivity contribution is 9.10. The number of aliphatic imine (C=N–C) groups is 1. The number of hydrazine groups is 1. The first kappa shape index (κ1) is 35.9. The molecule has 0 radical (unpaired) electrons. The van der Waals surface area contributed by atoms with Crippen molar-refractivity contribution >= 4 is 37.6 Å². The summed E-state index contributed by atoms with van der Waals surface area (Å²) in [5.74, 6) is 1.01. The van der Waals surface area contributed by atoms with Crippen LogP contribution in [0.15, 0.2) is 111 Å². The molecule has 1 amide bonds. The van der Waals surface area contributed by atoms with Gasteiger partial charge in [-0.25, -0.2) is 18.8 Å². The third kappa shape index (κ3) is 8.60. The minimum atomic E-state index is -3.81. The Labute approximate surface area is 294 Å². The van der Waals surface area contributed by atoms with Gasteiger partial charge in [0.05, 0.1) is 31.5 Å². The largest absolute Gasteiger partial charge is 0.497 e. The number of methoxy groups -OCH3 is 2. The van der Waals surface area contributed by atoms with Crippen molar-refractivity contribution in [1.82, 2.24) is 10.9 Å². The molecule has 1 aliphatic rings. The summed E-state index contributed by atoms with van der Waals surface area (Å²) in [5.41, 5.74) is 6.03. The van der Waals surface area contributed by atoms with Gasteiger partial charge in [-0.15, -0.1) is 0 Å². The molecule has 2 atom stereocenters. The van der Waals surface area contributed by atoms with E-state index in [1.54, 1.807) is 68.8 Å². The summed E-state index contributed by atoms with van der Waals surface area (Å²) in [6.45, 7) is 0.565. The molecule has 0 fully saturated rings. The molecule has 0 aromatic heterocycles. The van der Waals surface area contributed by atoms with E-state index in [1.165, 1.54) is 12.1 Å². The number of sulfone groups is 1. The first-order chi connectivity index (χ1) is 23.7. The van der Waals surface area contributed by atoms with E-state index in [-0.39, 0.29) is 36.1 Å². The number of aliphatic hydroxyl groups is 1. The number of carbonyl (C=O) groups excluding carboxylic acids is 1. The van der Waals surface area contributed by atoms with Crippen LogP contribution in [-0.4, -0.2) is 64.1 Å². The van der Waals surface area contributed by atoms with Crippen LogP contribution < -0.4 is 25.1 Å². The topological polar surface area (TPSA) is 145 Å². The highest BCUT2D eigenvalue weighted by Gasteiger charge is 2.53. The summed E-state index contributed by atoms with van der Waals surface area (Å²) in [6.07, 6.45) is -0.662. The monoisotopic (exact) mass is 751 g/mol. The summed E-state index contributed by atoms with van der Waals surface area (Å²) < 4.78 is 50.9. The minimum Gasteiger partial charge on any atom is -0.497 e. The number of carbonyl (C=O) groups is 1. The van der Waals surface area contributed by atoms with Gasteiger partial charge in [0.15, 0.2) is 21.5 Å². The lowest BCUT2D eigenvalue weighted by Gasteiger charge is -2.30. The van der Waals surface area contributed by atoms with Gasteiger partial charge in [0.1, 0.15) is 17.2 Å². The van der Waals surface area contributed by atoms with Gasteiger partial charge in [0, 0.05) is 47.7 Å². The van der Waals surface area contributed by atoms with Gasteiger partial charge < -0.3 is 24.1 Å². The molecular formula is C36H38BrN3O8S. The Morgan fingerprint density at radius 3 is 2.35 bits per heavy atom. The van der Waals surface area contributed by atoms with Gasteiger partial charge in [-0.1, -0.05) is 52.3 Å². The molecule has 5 rings (SSSR count). The third-order valence-corrected chi connectivity index (χ3v) is 10.3. The maximum absolute atomic E-state index is 14.4. The molecule has 0 aliphatic carbocycles. The number of hydrogen-bond donors (Lipinski definition) is 3. The molecule has 49 heavy (non-hydrogen) atoms. The molecule has 13 heteroatoms. The second-order valence-electron chi connectivity index (χ2n) is 11.2. The van der Waals surface area contributed by atoms with Crippen molar-refractivity contribution in [2.24, 2.45) is 4.99 Å². The Bertz CT molecular complexity index is 1860. The number of rotatable bonds is 16. The van der Waals surface area contributed by atoms with E-state index in [0.29, 0.717) is 41.4 Å². The van der Waals surface area contributed by atoms with Crippen molar-refractivity contribution in [3.8, 4) is 17.2 Å². The molecule has 0 unspecified atom stereocenters. The van der Waals surface area contributed by atoms with E-state index in [2.05, 4.69) is 26.8 Å². The second-order valence-corrected chi connectivity index (χ2v) is 14.2. The molecule has 0 bridgehead atoms. The van der Waals surface area contributed by atoms with Crippen molar-refractivity contribution in [3.05, 3.63) is 118 Å². The van der Waals surface area contributed by atoms with Crippen LogP contribution in [0.3, 0.4) is 0 Å². The van der Waals surface area contributed by atoms with E-state index < -0.39 is 27.4 Å². The normalized spacial score (nSPS) is 17.1. The minimum absolute atomic E-state index is 0.0206. The van der Waals surface area contributed by atoms with E-state index in [4.69, 9.17) is 29.0 Å². The van der Waals surface area contributed by atoms with E-state index in [9.17, 15) is 13.2 Å². The Hall–Kier alpha value is -4.43. The molecule has 0 saturated carbocycles. The molecule has 258 valence electrons. The summed E-state index contributed by atoms with van der Waals surface area (Å²) in [4.78, 5) is 19.5. The standard InChI is InChI=1S/C36H38BrN3O8S/c1-45-30-18-13-27(32(23-30)46-2)24-38-40-35(42)36(19-22-49(43,44)31-7-4-3-5-8-31)33(25-9-14-28(37)15-10-25)48-34(39-36)26-11-16-29(17-12-26)47-21-6-20-41/h3-5,7-18,23,33,38,41H,6,19-22,24H2,1-2H3,(H,40,42)/t33-,36-/m0/s1. The molecule has 3 N–H and O–H groups in total. The molecule has 4 aromatic carbocycles. The number of nitrogens with one attached hydrogen (secondary N) is 2. The number of hydrogen-bond acceptors (Lipinski definition) is 10. The molecule has 11 nitrogen and oxygen atoms in total. The van der Waals surface area contributed by atoms with Gasteiger partial charge in [-0.05, 0) is 60.2 Å². The lowest BCUT2D eigenvalue weighted by Crippen LogP contribution is -2.53. The molecule has 0 spiro atoms. The SMILES string of the molecule is COc1ccc(CNNC(=O)[C@@]2(CCS(=O)(=O)c3ccccc3)N=C(c3ccc(OCCCO)cc3)O[C@H]2c2ccc(Br)cc2)c(OC)c1. The van der Waals surface area contributed by atoms with E-state index in [1.807, 2.05) is 30.3 Å². The van der Waals surface area contributed by atoms with Crippen molar-refractivity contribution in [3.63, 3.8) is 0 Å². The summed E-state index contributed by atoms with van der Waals surface area (Å²) >= 11 is 3.47. The van der Waals surface area contributed by atoms with Crippen LogP contribution in [0.2, 0.25) is 0 Å². The van der Waals surface area contributed by atoms with Crippen LogP contribution in [-0.2, 0) is 25.9 Å². The summed E-state index contributed by atoms with van der Waals surface area (Å²) in [7, 11) is -0.700. The quantitative estimate of drug-likeness (QED) is 0.104. The molecular weight excluding hydrogens is 714 g/mol. The number of amides is 1. The van der Waals surface area contributed by atoms with Crippen molar-refractivity contribution < 1.29 is 37.3 Å². The number of ether oxygens (including phenoxy) is 4. The summed E-state index contributed by atoms with van der Waals surface area (Å²) in [5, 5.41) is 9.07. The fourth-order valence-corrected chi connectivity index (χ4v) is 7.02. The fourth-order valence-electron chi connectivity index (χ4n) is 5.37. The van der Waals surface area contributed by atoms with Gasteiger partial charge in [-0.3, -0.25) is 10.2 Å². The van der Waals surface area contributed by atoms with E-state index in [0.717, 1.165) is 10.0 Å². The Balaban J connectivity index is 1.51. The second kappa shape index (κ2) is 16.3.